The molecule has 0 amide bonds. The molecule has 4 rings (SSSR count). The van der Waals surface area contributed by atoms with E-state index in [9.17, 15) is 9.18 Å². The zero-order valence-corrected chi connectivity index (χ0v) is 12.7. The van der Waals surface area contributed by atoms with Crippen molar-refractivity contribution < 1.29 is 14.3 Å². The number of nitrogens with zero attached hydrogens (tertiary/aromatic N) is 1. The minimum Gasteiger partial charge on any atom is -0.481 e. The van der Waals surface area contributed by atoms with Crippen LogP contribution in [0.1, 0.15) is 37.2 Å². The van der Waals surface area contributed by atoms with Crippen LogP contribution in [0.4, 0.5) is 4.39 Å². The maximum absolute atomic E-state index is 13.6. The van der Waals surface area contributed by atoms with E-state index in [2.05, 4.69) is 11.1 Å². The molecule has 0 aliphatic heterocycles. The molecule has 1 N–H and O–H groups in total. The Bertz CT molecular complexity index is 814. The summed E-state index contributed by atoms with van der Waals surface area (Å²) < 4.78 is 13.6. The number of carboxylic acid groups (broad SMARTS) is 1. The summed E-state index contributed by atoms with van der Waals surface area (Å²) in [6.07, 6.45) is 7.09. The van der Waals surface area contributed by atoms with E-state index in [0.717, 1.165) is 35.7 Å². The molecule has 2 aromatic rings. The second-order valence-corrected chi connectivity index (χ2v) is 6.75. The molecular formula is C19H18FNO2. The summed E-state index contributed by atoms with van der Waals surface area (Å²) in [6.45, 7) is 0. The molecule has 3 nitrogen and oxygen atoms in total. The molecule has 0 radical (unpaired) electrons. The minimum absolute atomic E-state index is 0.168. The maximum atomic E-state index is 13.6. The maximum Gasteiger partial charge on any atom is 0.307 e. The second kappa shape index (κ2) is 5.44. The quantitative estimate of drug-likeness (QED) is 0.860. The lowest BCUT2D eigenvalue weighted by atomic mass is 9.91. The summed E-state index contributed by atoms with van der Waals surface area (Å²) in [5.74, 6) is 0.425. The highest BCUT2D eigenvalue weighted by atomic mass is 19.1. The van der Waals surface area contributed by atoms with Crippen LogP contribution in [0.3, 0.4) is 0 Å². The number of fused-ring (bicyclic) bond motifs is 2. The summed E-state index contributed by atoms with van der Waals surface area (Å²) in [5, 5.41) is 9.84. The van der Waals surface area contributed by atoms with E-state index in [1.807, 2.05) is 6.07 Å². The zero-order chi connectivity index (χ0) is 16.0. The molecule has 1 aromatic carbocycles. The van der Waals surface area contributed by atoms with Crippen molar-refractivity contribution in [1.29, 1.82) is 0 Å². The fourth-order valence-electron chi connectivity index (χ4n) is 4.38. The first-order valence-corrected chi connectivity index (χ1v) is 8.05. The van der Waals surface area contributed by atoms with E-state index >= 15 is 0 Å². The van der Waals surface area contributed by atoms with Crippen LogP contribution in [0.15, 0.2) is 42.1 Å². The fourth-order valence-corrected chi connectivity index (χ4v) is 4.38. The Balaban J connectivity index is 1.61. The normalized spacial score (nSPS) is 26.3. The van der Waals surface area contributed by atoms with Gasteiger partial charge in [0.25, 0.3) is 0 Å². The zero-order valence-electron chi connectivity index (χ0n) is 12.7. The molecule has 23 heavy (non-hydrogen) atoms. The van der Waals surface area contributed by atoms with Crippen LogP contribution in [0, 0.1) is 17.7 Å². The van der Waals surface area contributed by atoms with E-state index in [1.165, 1.54) is 11.6 Å². The Morgan fingerprint density at radius 3 is 2.96 bits per heavy atom. The number of benzene rings is 1. The van der Waals surface area contributed by atoms with Crippen molar-refractivity contribution in [3.8, 4) is 0 Å². The first kappa shape index (κ1) is 14.4. The number of carbonyl (C=O) groups is 1. The van der Waals surface area contributed by atoms with Crippen LogP contribution in [0.5, 0.6) is 0 Å². The van der Waals surface area contributed by atoms with Crippen LogP contribution in [0.25, 0.3) is 10.9 Å². The summed E-state index contributed by atoms with van der Waals surface area (Å²) in [7, 11) is 0. The number of aromatic nitrogens is 1. The number of pyridine rings is 1. The first-order chi connectivity index (χ1) is 11.1. The van der Waals surface area contributed by atoms with E-state index in [1.54, 1.807) is 18.3 Å². The van der Waals surface area contributed by atoms with Crippen molar-refractivity contribution in [2.24, 2.45) is 11.8 Å². The van der Waals surface area contributed by atoms with Gasteiger partial charge in [-0.05, 0) is 66.8 Å². The molecule has 0 saturated heterocycles. The van der Waals surface area contributed by atoms with Crippen molar-refractivity contribution in [2.45, 2.75) is 31.6 Å². The van der Waals surface area contributed by atoms with E-state index in [-0.39, 0.29) is 12.2 Å². The third kappa shape index (κ3) is 2.62. The summed E-state index contributed by atoms with van der Waals surface area (Å²) in [4.78, 5) is 15.2. The van der Waals surface area contributed by atoms with Gasteiger partial charge < -0.3 is 5.11 Å². The average Bonchev–Trinajstić information content (AvgIpc) is 3.04. The van der Waals surface area contributed by atoms with Gasteiger partial charge in [-0.15, -0.1) is 0 Å². The van der Waals surface area contributed by atoms with Gasteiger partial charge in [0.05, 0.1) is 11.9 Å². The molecular weight excluding hydrogens is 293 g/mol. The van der Waals surface area contributed by atoms with Crippen molar-refractivity contribution in [3.63, 3.8) is 0 Å². The molecule has 1 heterocycles. The third-order valence-corrected chi connectivity index (χ3v) is 5.28. The van der Waals surface area contributed by atoms with Crippen LogP contribution >= 0.6 is 0 Å². The smallest absolute Gasteiger partial charge is 0.307 e. The number of carboxylic acids is 1. The van der Waals surface area contributed by atoms with Gasteiger partial charge in [0.1, 0.15) is 5.82 Å². The minimum atomic E-state index is -0.747. The van der Waals surface area contributed by atoms with Crippen molar-refractivity contribution in [3.05, 3.63) is 53.5 Å². The van der Waals surface area contributed by atoms with Crippen LogP contribution in [-0.2, 0) is 4.79 Å². The van der Waals surface area contributed by atoms with Crippen molar-refractivity contribution >= 4 is 16.9 Å². The molecule has 4 heteroatoms. The Morgan fingerprint density at radius 2 is 2.17 bits per heavy atom. The Labute approximate surface area is 133 Å². The lowest BCUT2D eigenvalue weighted by Gasteiger charge is -2.14. The topological polar surface area (TPSA) is 50.2 Å². The average molecular weight is 311 g/mol. The van der Waals surface area contributed by atoms with Crippen LogP contribution in [0.2, 0.25) is 0 Å². The number of hydrogen-bond acceptors (Lipinski definition) is 2. The predicted molar refractivity (Wildman–Crippen MR) is 85.6 cm³/mol. The standard InChI is InChI=1S/C19H18FNO2/c20-15-1-2-18-17(10-15)16(3-4-21-18)14-8-12-5-11(7-19(22)23)6-13(12)9-14/h1-5,10,12-14H,6-9H2,(H,22,23)/t12-,13+,14+/m0/s1. The predicted octanol–water partition coefficient (Wildman–Crippen LogP) is 4.29. The molecule has 1 fully saturated rings. The van der Waals surface area contributed by atoms with E-state index in [4.69, 9.17) is 5.11 Å². The molecule has 2 aliphatic carbocycles. The van der Waals surface area contributed by atoms with Gasteiger partial charge in [0.15, 0.2) is 0 Å². The van der Waals surface area contributed by atoms with Gasteiger partial charge in [-0.2, -0.15) is 0 Å². The Kier molecular flexibility index (Phi) is 3.40. The van der Waals surface area contributed by atoms with Crippen LogP contribution < -0.4 is 0 Å². The van der Waals surface area contributed by atoms with E-state index in [0.29, 0.717) is 17.8 Å². The molecule has 3 atom stereocenters. The highest BCUT2D eigenvalue weighted by molar-refractivity contribution is 5.82. The summed E-state index contributed by atoms with van der Waals surface area (Å²) >= 11 is 0. The van der Waals surface area contributed by atoms with Crippen molar-refractivity contribution in [1.82, 2.24) is 4.98 Å². The molecule has 118 valence electrons. The first-order valence-electron chi connectivity index (χ1n) is 8.05. The molecule has 0 bridgehead atoms. The van der Waals surface area contributed by atoms with E-state index < -0.39 is 5.97 Å². The monoisotopic (exact) mass is 311 g/mol. The SMILES string of the molecule is O=C(O)CC1=C[C@H]2C[C@@H](c3ccnc4ccc(F)cc34)C[C@H]2C1. The van der Waals surface area contributed by atoms with Gasteiger partial charge in [0, 0.05) is 11.6 Å². The van der Waals surface area contributed by atoms with Gasteiger partial charge in [-0.3, -0.25) is 9.78 Å². The number of allylic oxidation sites excluding steroid dienone is 1. The number of hydrogen-bond donors (Lipinski definition) is 1. The molecule has 2 aliphatic rings. The summed E-state index contributed by atoms with van der Waals surface area (Å²) in [6, 6.07) is 6.77. The molecule has 1 saturated carbocycles. The molecule has 0 unspecified atom stereocenters. The summed E-state index contributed by atoms with van der Waals surface area (Å²) in [5.41, 5.74) is 3.08. The van der Waals surface area contributed by atoms with Gasteiger partial charge in [-0.25, -0.2) is 4.39 Å². The lowest BCUT2D eigenvalue weighted by Crippen LogP contribution is -2.00. The fraction of sp³-hybridized carbons (Fsp3) is 0.368. The molecule has 1 aromatic heterocycles. The molecule has 0 spiro atoms. The lowest BCUT2D eigenvalue weighted by molar-refractivity contribution is -0.136. The third-order valence-electron chi connectivity index (χ3n) is 5.28. The van der Waals surface area contributed by atoms with Gasteiger partial charge >= 0.3 is 5.97 Å². The second-order valence-electron chi connectivity index (χ2n) is 6.75. The highest BCUT2D eigenvalue weighted by Gasteiger charge is 2.38. The van der Waals surface area contributed by atoms with Gasteiger partial charge in [0.2, 0.25) is 0 Å². The van der Waals surface area contributed by atoms with Crippen molar-refractivity contribution in [2.75, 3.05) is 0 Å². The van der Waals surface area contributed by atoms with Gasteiger partial charge in [-0.1, -0.05) is 11.6 Å². The highest BCUT2D eigenvalue weighted by Crippen LogP contribution is 2.50. The number of rotatable bonds is 3. The Morgan fingerprint density at radius 1 is 1.30 bits per heavy atom. The number of halogens is 1. The largest absolute Gasteiger partial charge is 0.481 e. The number of aliphatic carboxylic acids is 1. The Hall–Kier alpha value is -2.23. The van der Waals surface area contributed by atoms with Crippen LogP contribution in [-0.4, -0.2) is 16.1 Å².